The van der Waals surface area contributed by atoms with Crippen molar-refractivity contribution in [3.05, 3.63) is 50.9 Å². The first-order valence-electron chi connectivity index (χ1n) is 6.11. The molecule has 0 bridgehead atoms. The first kappa shape index (κ1) is 13.5. The van der Waals surface area contributed by atoms with Crippen LogP contribution >= 0.6 is 22.9 Å². The standard InChI is InChI=1S/C14H17ClN2S/c1-16-8-4-6-12-10-18-14(17-12)9-11-5-2-3-7-13(11)15/h2-3,5,7,10,16H,4,6,8-9H2,1H3. The van der Waals surface area contributed by atoms with Gasteiger partial charge in [-0.25, -0.2) is 4.98 Å². The Morgan fingerprint density at radius 2 is 2.17 bits per heavy atom. The highest BCUT2D eigenvalue weighted by atomic mass is 35.5. The Bertz CT molecular complexity index is 496. The number of aromatic nitrogens is 1. The molecule has 96 valence electrons. The molecule has 1 N–H and O–H groups in total. The Morgan fingerprint density at radius 3 is 2.94 bits per heavy atom. The zero-order valence-corrected chi connectivity index (χ0v) is 12.0. The molecule has 0 aliphatic rings. The predicted octanol–water partition coefficient (Wildman–Crippen LogP) is 3.54. The van der Waals surface area contributed by atoms with Gasteiger partial charge < -0.3 is 5.32 Å². The lowest BCUT2D eigenvalue weighted by Crippen LogP contribution is -2.08. The van der Waals surface area contributed by atoms with Crippen LogP contribution in [0.4, 0.5) is 0 Å². The molecule has 0 amide bonds. The van der Waals surface area contributed by atoms with E-state index in [1.54, 1.807) is 11.3 Å². The Labute approximate surface area is 117 Å². The van der Waals surface area contributed by atoms with E-state index in [1.165, 1.54) is 5.69 Å². The molecule has 1 aromatic carbocycles. The minimum Gasteiger partial charge on any atom is -0.320 e. The lowest BCUT2D eigenvalue weighted by atomic mass is 10.1. The Hall–Kier alpha value is -0.900. The third-order valence-electron chi connectivity index (χ3n) is 2.76. The molecule has 4 heteroatoms. The molecular weight excluding hydrogens is 264 g/mol. The van der Waals surface area contributed by atoms with Gasteiger partial charge in [0.05, 0.1) is 10.7 Å². The Kier molecular flexibility index (Phi) is 5.17. The maximum Gasteiger partial charge on any atom is 0.0972 e. The zero-order valence-electron chi connectivity index (χ0n) is 10.4. The van der Waals surface area contributed by atoms with Gasteiger partial charge >= 0.3 is 0 Å². The normalized spacial score (nSPS) is 10.8. The molecule has 0 fully saturated rings. The lowest BCUT2D eigenvalue weighted by molar-refractivity contribution is 0.716. The van der Waals surface area contributed by atoms with Gasteiger partial charge in [-0.1, -0.05) is 29.8 Å². The molecule has 0 aliphatic carbocycles. The van der Waals surface area contributed by atoms with Gasteiger partial charge in [0.15, 0.2) is 0 Å². The first-order chi connectivity index (χ1) is 8.79. The van der Waals surface area contributed by atoms with Crippen molar-refractivity contribution in [2.24, 2.45) is 0 Å². The smallest absolute Gasteiger partial charge is 0.0972 e. The quantitative estimate of drug-likeness (QED) is 0.819. The van der Waals surface area contributed by atoms with Crippen LogP contribution in [0.1, 0.15) is 22.7 Å². The van der Waals surface area contributed by atoms with E-state index in [9.17, 15) is 0 Å². The van der Waals surface area contributed by atoms with Gasteiger partial charge in [0.1, 0.15) is 0 Å². The lowest BCUT2D eigenvalue weighted by Gasteiger charge is -2.00. The van der Waals surface area contributed by atoms with E-state index in [2.05, 4.69) is 21.7 Å². The molecule has 0 saturated carbocycles. The number of thiazole rings is 1. The van der Waals surface area contributed by atoms with E-state index in [-0.39, 0.29) is 0 Å². The fourth-order valence-electron chi connectivity index (χ4n) is 1.80. The van der Waals surface area contributed by atoms with Crippen LogP contribution in [-0.4, -0.2) is 18.6 Å². The second-order valence-corrected chi connectivity index (χ2v) is 5.56. The molecule has 2 rings (SSSR count). The molecule has 0 saturated heterocycles. The summed E-state index contributed by atoms with van der Waals surface area (Å²) in [7, 11) is 1.98. The molecule has 0 spiro atoms. The summed E-state index contributed by atoms with van der Waals surface area (Å²) < 4.78 is 0. The molecule has 18 heavy (non-hydrogen) atoms. The largest absolute Gasteiger partial charge is 0.320 e. The highest BCUT2D eigenvalue weighted by Crippen LogP contribution is 2.21. The van der Waals surface area contributed by atoms with Gasteiger partial charge in [-0.3, -0.25) is 0 Å². The monoisotopic (exact) mass is 280 g/mol. The molecule has 0 aliphatic heterocycles. The van der Waals surface area contributed by atoms with Crippen LogP contribution < -0.4 is 5.32 Å². The molecule has 2 nitrogen and oxygen atoms in total. The maximum absolute atomic E-state index is 6.15. The fraction of sp³-hybridized carbons (Fsp3) is 0.357. The average Bonchev–Trinajstić information content (AvgIpc) is 2.80. The number of benzene rings is 1. The van der Waals surface area contributed by atoms with Crippen LogP contribution in [0.25, 0.3) is 0 Å². The Balaban J connectivity index is 1.96. The topological polar surface area (TPSA) is 24.9 Å². The summed E-state index contributed by atoms with van der Waals surface area (Å²) >= 11 is 7.87. The van der Waals surface area contributed by atoms with E-state index in [0.29, 0.717) is 0 Å². The molecule has 0 atom stereocenters. The second kappa shape index (κ2) is 6.88. The van der Waals surface area contributed by atoms with Crippen molar-refractivity contribution < 1.29 is 0 Å². The van der Waals surface area contributed by atoms with Gasteiger partial charge in [0.25, 0.3) is 0 Å². The first-order valence-corrected chi connectivity index (χ1v) is 7.36. The third-order valence-corrected chi connectivity index (χ3v) is 4.02. The second-order valence-electron chi connectivity index (χ2n) is 4.21. The minimum absolute atomic E-state index is 0.824. The summed E-state index contributed by atoms with van der Waals surface area (Å²) in [5.41, 5.74) is 2.34. The Morgan fingerprint density at radius 1 is 1.33 bits per heavy atom. The van der Waals surface area contributed by atoms with Gasteiger partial charge in [-0.15, -0.1) is 11.3 Å². The molecular formula is C14H17ClN2S. The van der Waals surface area contributed by atoms with Gasteiger partial charge in [-0.05, 0) is 38.1 Å². The zero-order chi connectivity index (χ0) is 12.8. The number of rotatable bonds is 6. The van der Waals surface area contributed by atoms with E-state index < -0.39 is 0 Å². The van der Waals surface area contributed by atoms with E-state index in [1.807, 2.05) is 25.2 Å². The number of hydrogen-bond acceptors (Lipinski definition) is 3. The number of halogens is 1. The highest BCUT2D eigenvalue weighted by Gasteiger charge is 2.05. The van der Waals surface area contributed by atoms with Crippen molar-refractivity contribution in [3.8, 4) is 0 Å². The van der Waals surface area contributed by atoms with Gasteiger partial charge in [0, 0.05) is 16.8 Å². The van der Waals surface area contributed by atoms with Crippen LogP contribution in [0.5, 0.6) is 0 Å². The number of nitrogens with zero attached hydrogens (tertiary/aromatic N) is 1. The predicted molar refractivity (Wildman–Crippen MR) is 78.6 cm³/mol. The van der Waals surface area contributed by atoms with Gasteiger partial charge in [-0.2, -0.15) is 0 Å². The maximum atomic E-state index is 6.15. The highest BCUT2D eigenvalue weighted by molar-refractivity contribution is 7.09. The van der Waals surface area contributed by atoms with Crippen molar-refractivity contribution in [1.82, 2.24) is 10.3 Å². The van der Waals surface area contributed by atoms with Crippen molar-refractivity contribution in [2.45, 2.75) is 19.3 Å². The average molecular weight is 281 g/mol. The molecule has 0 unspecified atom stereocenters. The van der Waals surface area contributed by atoms with Crippen LogP contribution in [0, 0.1) is 0 Å². The van der Waals surface area contributed by atoms with E-state index in [0.717, 1.165) is 41.4 Å². The van der Waals surface area contributed by atoms with Crippen LogP contribution in [0.2, 0.25) is 5.02 Å². The minimum atomic E-state index is 0.824. The number of nitrogens with one attached hydrogen (secondary N) is 1. The van der Waals surface area contributed by atoms with Crippen molar-refractivity contribution in [1.29, 1.82) is 0 Å². The van der Waals surface area contributed by atoms with Crippen molar-refractivity contribution in [2.75, 3.05) is 13.6 Å². The molecule has 2 aromatic rings. The molecule has 1 heterocycles. The number of aryl methyl sites for hydroxylation is 1. The van der Waals surface area contributed by atoms with Crippen LogP contribution in [0.3, 0.4) is 0 Å². The van der Waals surface area contributed by atoms with E-state index >= 15 is 0 Å². The summed E-state index contributed by atoms with van der Waals surface area (Å²) in [5.74, 6) is 0. The van der Waals surface area contributed by atoms with Crippen LogP contribution in [-0.2, 0) is 12.8 Å². The molecule has 0 radical (unpaired) electrons. The van der Waals surface area contributed by atoms with Crippen molar-refractivity contribution in [3.63, 3.8) is 0 Å². The summed E-state index contributed by atoms with van der Waals surface area (Å²) in [6.45, 7) is 1.04. The van der Waals surface area contributed by atoms with E-state index in [4.69, 9.17) is 11.6 Å². The fourth-order valence-corrected chi connectivity index (χ4v) is 2.85. The van der Waals surface area contributed by atoms with Crippen molar-refractivity contribution >= 4 is 22.9 Å². The summed E-state index contributed by atoms with van der Waals surface area (Å²) in [5, 5.41) is 7.27. The molecule has 1 aromatic heterocycles. The summed E-state index contributed by atoms with van der Waals surface area (Å²) in [6, 6.07) is 7.96. The summed E-state index contributed by atoms with van der Waals surface area (Å²) in [4.78, 5) is 4.65. The van der Waals surface area contributed by atoms with Gasteiger partial charge in [0.2, 0.25) is 0 Å². The third kappa shape index (κ3) is 3.80. The van der Waals surface area contributed by atoms with Crippen LogP contribution in [0.15, 0.2) is 29.6 Å². The number of hydrogen-bond donors (Lipinski definition) is 1. The summed E-state index contributed by atoms with van der Waals surface area (Å²) in [6.07, 6.45) is 3.00. The SMILES string of the molecule is CNCCCc1csc(Cc2ccccc2Cl)n1.